The molecule has 1 atom stereocenters. The zero-order valence-electron chi connectivity index (χ0n) is 19.3. The number of halogens is 1. The summed E-state index contributed by atoms with van der Waals surface area (Å²) in [6.07, 6.45) is 4.19. The molecule has 4 N–H and O–H groups in total. The van der Waals surface area contributed by atoms with E-state index < -0.39 is 11.7 Å². The fourth-order valence-corrected chi connectivity index (χ4v) is 4.92. The summed E-state index contributed by atoms with van der Waals surface area (Å²) < 4.78 is 20.7. The highest BCUT2D eigenvalue weighted by atomic mass is 32.1. The lowest BCUT2D eigenvalue weighted by atomic mass is 10.1. The first-order valence-corrected chi connectivity index (χ1v) is 11.9. The first-order chi connectivity index (χ1) is 17.4. The van der Waals surface area contributed by atoms with Crippen molar-refractivity contribution in [3.8, 4) is 0 Å². The Labute approximate surface area is 209 Å². The van der Waals surface area contributed by atoms with Crippen LogP contribution in [0.4, 0.5) is 22.0 Å². The van der Waals surface area contributed by atoms with E-state index in [1.165, 1.54) is 18.5 Å². The Kier molecular flexibility index (Phi) is 6.59. The van der Waals surface area contributed by atoms with Gasteiger partial charge in [-0.3, -0.25) is 10.0 Å². The molecule has 3 aromatic heterocycles. The molecule has 0 saturated carbocycles. The fraction of sp³-hybridized carbons (Fsp3) is 0.261. The molecule has 0 aliphatic carbocycles. The average molecular weight is 511 g/mol. The summed E-state index contributed by atoms with van der Waals surface area (Å²) in [5, 5.41) is 8.72. The Morgan fingerprint density at radius 1 is 1.31 bits per heavy atom. The molecule has 5 rings (SSSR count). The molecule has 1 aliphatic heterocycles. The monoisotopic (exact) mass is 510 g/mol. The molecule has 186 valence electrons. The molecule has 1 unspecified atom stereocenters. The minimum absolute atomic E-state index is 0.108. The summed E-state index contributed by atoms with van der Waals surface area (Å²) in [7, 11) is 1.84. The van der Waals surface area contributed by atoms with Crippen LogP contribution in [0.25, 0.3) is 10.2 Å². The second-order valence-electron chi connectivity index (χ2n) is 8.29. The van der Waals surface area contributed by atoms with Crippen molar-refractivity contribution >= 4 is 45.0 Å². The molecule has 1 amide bonds. The summed E-state index contributed by atoms with van der Waals surface area (Å²) in [6, 6.07) is 6.73. The van der Waals surface area contributed by atoms with Crippen LogP contribution >= 0.6 is 11.3 Å². The lowest BCUT2D eigenvalue weighted by Crippen LogP contribution is -2.39. The zero-order chi connectivity index (χ0) is 25.2. The van der Waals surface area contributed by atoms with Crippen LogP contribution in [0, 0.1) is 5.82 Å². The van der Waals surface area contributed by atoms with Gasteiger partial charge < -0.3 is 20.3 Å². The van der Waals surface area contributed by atoms with Crippen LogP contribution in [0.2, 0.25) is 0 Å². The van der Waals surface area contributed by atoms with Crippen molar-refractivity contribution in [2.24, 2.45) is 0 Å². The number of carbonyl (C=O) groups is 1. The normalized spacial score (nSPS) is 15.8. The van der Waals surface area contributed by atoms with Gasteiger partial charge in [0, 0.05) is 30.9 Å². The molecule has 1 aliphatic rings. The predicted molar refractivity (Wildman–Crippen MR) is 133 cm³/mol. The van der Waals surface area contributed by atoms with Gasteiger partial charge >= 0.3 is 0 Å². The van der Waals surface area contributed by atoms with Crippen molar-refractivity contribution in [3.05, 3.63) is 64.7 Å². The molecule has 0 spiro atoms. The van der Waals surface area contributed by atoms with Gasteiger partial charge in [0.25, 0.3) is 5.91 Å². The highest BCUT2D eigenvalue weighted by Gasteiger charge is 2.25. The Morgan fingerprint density at radius 3 is 2.86 bits per heavy atom. The van der Waals surface area contributed by atoms with Gasteiger partial charge in [0.2, 0.25) is 11.9 Å². The number of benzene rings is 1. The quantitative estimate of drug-likeness (QED) is 0.201. The topological polar surface area (TPSA) is 143 Å². The summed E-state index contributed by atoms with van der Waals surface area (Å²) >= 11 is 1.57. The molecule has 13 heteroatoms. The second-order valence-corrected chi connectivity index (χ2v) is 9.46. The van der Waals surface area contributed by atoms with Crippen molar-refractivity contribution in [1.29, 1.82) is 0 Å². The van der Waals surface area contributed by atoms with E-state index in [9.17, 15) is 9.18 Å². The lowest BCUT2D eigenvalue weighted by Gasteiger charge is -2.33. The number of nitrogen functional groups attached to an aromatic ring is 1. The number of nitrogens with one attached hydrogen (secondary N) is 1. The minimum atomic E-state index is -0.671. The number of morpholine rings is 1. The van der Waals surface area contributed by atoms with E-state index in [0.29, 0.717) is 38.1 Å². The van der Waals surface area contributed by atoms with Crippen molar-refractivity contribution in [2.45, 2.75) is 12.6 Å². The maximum atomic E-state index is 13.9. The molecule has 0 bridgehead atoms. The summed E-state index contributed by atoms with van der Waals surface area (Å²) in [5.74, 6) is -0.105. The molecule has 4 heterocycles. The number of hydrogen-bond donors (Lipinski definition) is 3. The van der Waals surface area contributed by atoms with Crippen LogP contribution < -0.4 is 21.0 Å². The largest absolute Gasteiger partial charge is 0.396 e. The van der Waals surface area contributed by atoms with E-state index in [1.807, 2.05) is 22.9 Å². The van der Waals surface area contributed by atoms with E-state index in [1.54, 1.807) is 35.1 Å². The molecular weight excluding hydrogens is 487 g/mol. The van der Waals surface area contributed by atoms with Crippen LogP contribution in [-0.2, 0) is 11.3 Å². The highest BCUT2D eigenvalue weighted by molar-refractivity contribution is 7.19. The van der Waals surface area contributed by atoms with Gasteiger partial charge in [0.05, 0.1) is 47.4 Å². The molecule has 36 heavy (non-hydrogen) atoms. The van der Waals surface area contributed by atoms with Crippen molar-refractivity contribution in [3.63, 3.8) is 0 Å². The number of thiophene rings is 1. The number of rotatable bonds is 6. The third kappa shape index (κ3) is 4.89. The smallest absolute Gasteiger partial charge is 0.277 e. The van der Waals surface area contributed by atoms with Crippen molar-refractivity contribution < 1.29 is 19.1 Å². The SMILES string of the molecule is CN(Cc1cc2nc(N3CCOC(c4ccc(N)c(F)c4)C3)ncc2s1)c1ncc(C(=O)NO)cn1. The van der Waals surface area contributed by atoms with Gasteiger partial charge in [-0.2, -0.15) is 0 Å². The van der Waals surface area contributed by atoms with Crippen LogP contribution in [0.3, 0.4) is 0 Å². The first kappa shape index (κ1) is 23.8. The van der Waals surface area contributed by atoms with Crippen molar-refractivity contribution in [1.82, 2.24) is 25.4 Å². The number of fused-ring (bicyclic) bond motifs is 1. The second kappa shape index (κ2) is 9.97. The number of amides is 1. The zero-order valence-corrected chi connectivity index (χ0v) is 20.1. The summed E-state index contributed by atoms with van der Waals surface area (Å²) in [5.41, 5.74) is 8.97. The molecule has 4 aromatic rings. The predicted octanol–water partition coefficient (Wildman–Crippen LogP) is 2.54. The number of ether oxygens (including phenoxy) is 1. The number of nitrogens with zero attached hydrogens (tertiary/aromatic N) is 6. The summed E-state index contributed by atoms with van der Waals surface area (Å²) in [6.45, 7) is 2.12. The third-order valence-corrected chi connectivity index (χ3v) is 6.83. The fourth-order valence-electron chi connectivity index (χ4n) is 3.89. The van der Waals surface area contributed by atoms with Gasteiger partial charge in [-0.25, -0.2) is 29.8 Å². The van der Waals surface area contributed by atoms with E-state index >= 15 is 0 Å². The molecule has 1 saturated heterocycles. The van der Waals surface area contributed by atoms with Gasteiger partial charge in [-0.15, -0.1) is 11.3 Å². The maximum absolute atomic E-state index is 13.9. The van der Waals surface area contributed by atoms with Gasteiger partial charge in [0.15, 0.2) is 0 Å². The standard InChI is InChI=1S/C23H23FN8O3S/c1-31(22-26-8-14(9-27-22)21(33)30-34)11-15-7-18-20(36-15)10-28-23(29-18)32-4-5-35-19(12-32)13-2-3-17(25)16(24)6-13/h2-3,6-10,19,34H,4-5,11-12,25H2,1H3,(H,30,33). The minimum Gasteiger partial charge on any atom is -0.396 e. The molecule has 11 nitrogen and oxygen atoms in total. The molecule has 0 radical (unpaired) electrons. The highest BCUT2D eigenvalue weighted by Crippen LogP contribution is 2.29. The van der Waals surface area contributed by atoms with Crippen molar-refractivity contribution in [2.75, 3.05) is 42.3 Å². The Hall–Kier alpha value is -3.94. The van der Waals surface area contributed by atoms with E-state index in [-0.39, 0.29) is 17.4 Å². The molecule has 1 aromatic carbocycles. The lowest BCUT2D eigenvalue weighted by molar-refractivity contribution is 0.0391. The number of hydroxylamine groups is 1. The van der Waals surface area contributed by atoms with Gasteiger partial charge in [-0.05, 0) is 23.8 Å². The number of hydrogen-bond acceptors (Lipinski definition) is 11. The number of carbonyl (C=O) groups excluding carboxylic acids is 1. The van der Waals surface area contributed by atoms with Crippen LogP contribution in [0.15, 0.2) is 42.9 Å². The molecular formula is C23H23FN8O3S. The van der Waals surface area contributed by atoms with Crippen LogP contribution in [-0.4, -0.2) is 57.8 Å². The Morgan fingerprint density at radius 2 is 2.11 bits per heavy atom. The van der Waals surface area contributed by atoms with Gasteiger partial charge in [0.1, 0.15) is 11.9 Å². The Balaban J connectivity index is 1.29. The summed E-state index contributed by atoms with van der Waals surface area (Å²) in [4.78, 5) is 34.0. The molecule has 1 fully saturated rings. The van der Waals surface area contributed by atoms with Crippen LogP contribution in [0.5, 0.6) is 0 Å². The number of aromatic nitrogens is 4. The van der Waals surface area contributed by atoms with E-state index in [2.05, 4.69) is 15.0 Å². The maximum Gasteiger partial charge on any atom is 0.277 e. The van der Waals surface area contributed by atoms with E-state index in [4.69, 9.17) is 20.7 Å². The first-order valence-electron chi connectivity index (χ1n) is 11.1. The number of nitrogens with two attached hydrogens (primary N) is 1. The van der Waals surface area contributed by atoms with Crippen LogP contribution in [0.1, 0.15) is 26.9 Å². The average Bonchev–Trinajstić information content (AvgIpc) is 3.31. The number of anilines is 3. The third-order valence-electron chi connectivity index (χ3n) is 5.79. The Bertz CT molecular complexity index is 1400. The van der Waals surface area contributed by atoms with E-state index in [0.717, 1.165) is 20.7 Å². The van der Waals surface area contributed by atoms with Gasteiger partial charge in [-0.1, -0.05) is 6.07 Å².